The van der Waals surface area contributed by atoms with Crippen molar-refractivity contribution in [2.24, 2.45) is 0 Å². The van der Waals surface area contributed by atoms with Crippen LogP contribution < -0.4 is 9.47 Å². The molecule has 0 aliphatic carbocycles. The van der Waals surface area contributed by atoms with Crippen LogP contribution in [0.15, 0.2) is 78.6 Å². The van der Waals surface area contributed by atoms with E-state index in [0.29, 0.717) is 22.4 Å². The van der Waals surface area contributed by atoms with E-state index in [1.54, 1.807) is 49.4 Å². The molecule has 0 amide bonds. The zero-order valence-electron chi connectivity index (χ0n) is 17.6. The van der Waals surface area contributed by atoms with Gasteiger partial charge in [-0.2, -0.15) is 0 Å². The highest BCUT2D eigenvalue weighted by atomic mass is 16.6. The molecule has 0 spiro atoms. The number of nitrogens with zero attached hydrogens (tertiary/aromatic N) is 1. The SMILES string of the molecule is CCOC(=O)C(Oc1ccc2c(c1)OC(=Cc1cccc([N+](=O)[O-])c1)C2=O)c1ccccc1. The van der Waals surface area contributed by atoms with E-state index in [2.05, 4.69) is 0 Å². The summed E-state index contributed by atoms with van der Waals surface area (Å²) in [6, 6.07) is 19.5. The normalized spacial score (nSPS) is 14.3. The minimum Gasteiger partial charge on any atom is -0.474 e. The Bertz CT molecular complexity index is 1250. The maximum Gasteiger partial charge on any atom is 0.352 e. The molecule has 166 valence electrons. The smallest absolute Gasteiger partial charge is 0.352 e. The van der Waals surface area contributed by atoms with E-state index in [9.17, 15) is 19.7 Å². The fourth-order valence-electron chi connectivity index (χ4n) is 3.35. The molecular formula is C25H19NO7. The van der Waals surface area contributed by atoms with Gasteiger partial charge >= 0.3 is 5.97 Å². The predicted octanol–water partition coefficient (Wildman–Crippen LogP) is 4.89. The number of non-ortho nitro benzene ring substituents is 1. The van der Waals surface area contributed by atoms with Crippen molar-refractivity contribution < 1.29 is 28.7 Å². The quantitative estimate of drug-likeness (QED) is 0.221. The number of allylic oxidation sites excluding steroid dienone is 1. The Morgan fingerprint density at radius 1 is 1.09 bits per heavy atom. The maximum atomic E-state index is 12.7. The van der Waals surface area contributed by atoms with Crippen molar-refractivity contribution in [1.29, 1.82) is 0 Å². The predicted molar refractivity (Wildman–Crippen MR) is 119 cm³/mol. The number of hydrogen-bond donors (Lipinski definition) is 0. The Labute approximate surface area is 189 Å². The molecule has 33 heavy (non-hydrogen) atoms. The second kappa shape index (κ2) is 9.35. The lowest BCUT2D eigenvalue weighted by molar-refractivity contribution is -0.384. The Morgan fingerprint density at radius 2 is 1.88 bits per heavy atom. The number of benzene rings is 3. The number of ketones is 1. The third-order valence-corrected chi connectivity index (χ3v) is 4.88. The second-order valence-corrected chi connectivity index (χ2v) is 7.11. The zero-order chi connectivity index (χ0) is 23.4. The fourth-order valence-corrected chi connectivity index (χ4v) is 3.35. The Kier molecular flexibility index (Phi) is 6.17. The monoisotopic (exact) mass is 445 g/mol. The van der Waals surface area contributed by atoms with Crippen molar-refractivity contribution >= 4 is 23.5 Å². The van der Waals surface area contributed by atoms with Crippen molar-refractivity contribution in [3.05, 3.63) is 105 Å². The number of fused-ring (bicyclic) bond motifs is 1. The number of hydrogen-bond acceptors (Lipinski definition) is 7. The molecule has 1 aliphatic rings. The molecule has 1 atom stereocenters. The number of carbonyl (C=O) groups excluding carboxylic acids is 2. The van der Waals surface area contributed by atoms with E-state index in [0.717, 1.165) is 0 Å². The van der Waals surface area contributed by atoms with Crippen molar-refractivity contribution in [3.63, 3.8) is 0 Å². The van der Waals surface area contributed by atoms with Gasteiger partial charge in [0.15, 0.2) is 5.76 Å². The Morgan fingerprint density at radius 3 is 2.61 bits per heavy atom. The highest BCUT2D eigenvalue weighted by Crippen LogP contribution is 2.36. The van der Waals surface area contributed by atoms with E-state index < -0.39 is 17.0 Å². The van der Waals surface area contributed by atoms with Crippen LogP contribution >= 0.6 is 0 Å². The number of Topliss-reactive ketones (excluding diaryl/α,β-unsaturated/α-hetero) is 1. The molecule has 3 aromatic carbocycles. The van der Waals surface area contributed by atoms with Crippen molar-refractivity contribution in [2.75, 3.05) is 6.61 Å². The van der Waals surface area contributed by atoms with Crippen LogP contribution in [0.5, 0.6) is 11.5 Å². The molecule has 0 saturated carbocycles. The lowest BCUT2D eigenvalue weighted by atomic mass is 10.1. The molecule has 3 aromatic rings. The number of nitro groups is 1. The minimum absolute atomic E-state index is 0.0349. The molecule has 4 rings (SSSR count). The lowest BCUT2D eigenvalue weighted by Crippen LogP contribution is -2.21. The number of esters is 1. The molecule has 0 fully saturated rings. The van der Waals surface area contributed by atoms with Crippen LogP contribution in [0, 0.1) is 10.1 Å². The van der Waals surface area contributed by atoms with Crippen molar-refractivity contribution in [3.8, 4) is 11.5 Å². The van der Waals surface area contributed by atoms with E-state index in [1.165, 1.54) is 30.3 Å². The molecule has 0 bridgehead atoms. The summed E-state index contributed by atoms with van der Waals surface area (Å²) in [6.07, 6.45) is 0.461. The summed E-state index contributed by atoms with van der Waals surface area (Å²) >= 11 is 0. The van der Waals surface area contributed by atoms with E-state index >= 15 is 0 Å². The molecular weight excluding hydrogens is 426 g/mol. The first-order chi connectivity index (χ1) is 16.0. The second-order valence-electron chi connectivity index (χ2n) is 7.11. The zero-order valence-corrected chi connectivity index (χ0v) is 17.6. The standard InChI is InChI=1S/C25H19NO7/c1-2-31-25(28)24(17-8-4-3-5-9-17)32-19-11-12-20-21(15-19)33-22(23(20)27)14-16-7-6-10-18(13-16)26(29)30/h3-15,24H,2H2,1H3. The van der Waals surface area contributed by atoms with Gasteiger partial charge in [-0.05, 0) is 30.7 Å². The van der Waals surface area contributed by atoms with Gasteiger partial charge in [-0.1, -0.05) is 42.5 Å². The number of rotatable bonds is 7. The molecule has 0 radical (unpaired) electrons. The van der Waals surface area contributed by atoms with Crippen LogP contribution in [0.2, 0.25) is 0 Å². The van der Waals surface area contributed by atoms with Crippen LogP contribution in [-0.4, -0.2) is 23.3 Å². The van der Waals surface area contributed by atoms with Gasteiger partial charge in [0, 0.05) is 23.8 Å². The average Bonchev–Trinajstić information content (AvgIpc) is 3.12. The largest absolute Gasteiger partial charge is 0.474 e. The molecule has 1 unspecified atom stereocenters. The molecule has 0 aromatic heterocycles. The summed E-state index contributed by atoms with van der Waals surface area (Å²) in [5, 5.41) is 11.0. The summed E-state index contributed by atoms with van der Waals surface area (Å²) in [5.41, 5.74) is 1.32. The maximum absolute atomic E-state index is 12.7. The third-order valence-electron chi connectivity index (χ3n) is 4.88. The van der Waals surface area contributed by atoms with Gasteiger partial charge < -0.3 is 14.2 Å². The summed E-state index contributed by atoms with van der Waals surface area (Å²) < 4.78 is 16.8. The molecule has 0 saturated heterocycles. The first kappa shape index (κ1) is 21.8. The molecule has 8 heteroatoms. The van der Waals surface area contributed by atoms with Crippen molar-refractivity contribution in [1.82, 2.24) is 0 Å². The highest BCUT2D eigenvalue weighted by molar-refractivity contribution is 6.14. The van der Waals surface area contributed by atoms with Crippen LogP contribution in [0.4, 0.5) is 5.69 Å². The van der Waals surface area contributed by atoms with Gasteiger partial charge in [0.25, 0.3) is 5.69 Å². The highest BCUT2D eigenvalue weighted by Gasteiger charge is 2.29. The first-order valence-electron chi connectivity index (χ1n) is 10.2. The number of ether oxygens (including phenoxy) is 3. The lowest BCUT2D eigenvalue weighted by Gasteiger charge is -2.18. The first-order valence-corrected chi connectivity index (χ1v) is 10.2. The van der Waals surface area contributed by atoms with Gasteiger partial charge in [0.1, 0.15) is 11.5 Å². The average molecular weight is 445 g/mol. The van der Waals surface area contributed by atoms with Gasteiger partial charge in [-0.25, -0.2) is 4.79 Å². The molecule has 1 aliphatic heterocycles. The third kappa shape index (κ3) is 4.74. The van der Waals surface area contributed by atoms with Crippen molar-refractivity contribution in [2.45, 2.75) is 13.0 Å². The fraction of sp³-hybridized carbons (Fsp3) is 0.120. The summed E-state index contributed by atoms with van der Waals surface area (Å²) in [7, 11) is 0. The Balaban J connectivity index is 1.59. The van der Waals surface area contributed by atoms with Gasteiger partial charge in [-0.3, -0.25) is 14.9 Å². The van der Waals surface area contributed by atoms with E-state index in [1.807, 2.05) is 6.07 Å². The van der Waals surface area contributed by atoms with Crippen LogP contribution in [0.3, 0.4) is 0 Å². The van der Waals surface area contributed by atoms with Gasteiger partial charge in [0.05, 0.1) is 17.1 Å². The van der Waals surface area contributed by atoms with Crippen LogP contribution in [0.25, 0.3) is 6.08 Å². The summed E-state index contributed by atoms with van der Waals surface area (Å²) in [6.45, 7) is 1.92. The molecule has 0 N–H and O–H groups in total. The minimum atomic E-state index is -0.985. The van der Waals surface area contributed by atoms with Gasteiger partial charge in [-0.15, -0.1) is 0 Å². The Hall–Kier alpha value is -4.46. The van der Waals surface area contributed by atoms with Crippen LogP contribution in [-0.2, 0) is 9.53 Å². The molecule has 8 nitrogen and oxygen atoms in total. The van der Waals surface area contributed by atoms with Crippen LogP contribution in [0.1, 0.15) is 34.5 Å². The van der Waals surface area contributed by atoms with Gasteiger partial charge in [0.2, 0.25) is 11.9 Å². The number of nitro benzene ring substituents is 1. The van der Waals surface area contributed by atoms with E-state index in [4.69, 9.17) is 14.2 Å². The number of carbonyl (C=O) groups is 2. The molecule has 1 heterocycles. The summed E-state index contributed by atoms with van der Waals surface area (Å²) in [5.74, 6) is -0.266. The van der Waals surface area contributed by atoms with E-state index in [-0.39, 0.29) is 29.6 Å². The topological polar surface area (TPSA) is 105 Å². The summed E-state index contributed by atoms with van der Waals surface area (Å²) in [4.78, 5) is 35.7.